The zero-order valence-corrected chi connectivity index (χ0v) is 10.8. The second-order valence-electron chi connectivity index (χ2n) is 3.32. The number of imide groups is 1. The molecule has 0 aromatic carbocycles. The second-order valence-corrected chi connectivity index (χ2v) is 4.30. The van der Waals surface area contributed by atoms with Crippen LogP contribution in [-0.4, -0.2) is 22.5 Å². The summed E-state index contributed by atoms with van der Waals surface area (Å²) < 4.78 is 4.97. The summed E-state index contributed by atoms with van der Waals surface area (Å²) >= 11 is 1.51. The third kappa shape index (κ3) is 6.31. The lowest BCUT2D eigenvalue weighted by Crippen LogP contribution is -2.32. The summed E-state index contributed by atoms with van der Waals surface area (Å²) in [5.41, 5.74) is 0. The van der Waals surface area contributed by atoms with E-state index in [1.54, 1.807) is 0 Å². The van der Waals surface area contributed by atoms with Gasteiger partial charge >= 0.3 is 0 Å². The van der Waals surface area contributed by atoms with Gasteiger partial charge in [-0.3, -0.25) is 14.9 Å². The van der Waals surface area contributed by atoms with E-state index in [9.17, 15) is 9.59 Å². The number of hydrogen-bond acceptors (Lipinski definition) is 3. The normalized spacial score (nSPS) is 12.6. The van der Waals surface area contributed by atoms with Crippen LogP contribution in [0, 0.1) is 5.92 Å². The Hall–Kier alpha value is -0.170. The van der Waals surface area contributed by atoms with E-state index in [1.165, 1.54) is 22.6 Å². The van der Waals surface area contributed by atoms with E-state index in [4.69, 9.17) is 4.74 Å². The first-order chi connectivity index (χ1) is 6.47. The fourth-order valence-corrected chi connectivity index (χ4v) is 1.41. The fraction of sp³-hybridized carbons (Fsp3) is 0.778. The SMILES string of the molecule is CCC(OCC(=O)NC(=O)I)C(C)C. The number of carbonyl (C=O) groups is 2. The van der Waals surface area contributed by atoms with Crippen LogP contribution >= 0.6 is 22.6 Å². The molecule has 0 bridgehead atoms. The van der Waals surface area contributed by atoms with E-state index in [2.05, 4.69) is 5.32 Å². The molecule has 82 valence electrons. The van der Waals surface area contributed by atoms with Crippen molar-refractivity contribution >= 4 is 32.4 Å². The molecule has 1 atom stereocenters. The van der Waals surface area contributed by atoms with Crippen LogP contribution in [0.1, 0.15) is 27.2 Å². The van der Waals surface area contributed by atoms with Crippen molar-refractivity contribution in [2.24, 2.45) is 5.92 Å². The maximum Gasteiger partial charge on any atom is 0.287 e. The van der Waals surface area contributed by atoms with Crippen LogP contribution in [0.5, 0.6) is 0 Å². The van der Waals surface area contributed by atoms with E-state index in [1.807, 2.05) is 20.8 Å². The number of carbonyl (C=O) groups excluding carboxylic acids is 2. The van der Waals surface area contributed by atoms with Crippen molar-refractivity contribution in [3.05, 3.63) is 0 Å². The van der Waals surface area contributed by atoms with E-state index in [-0.39, 0.29) is 22.5 Å². The number of hydrogen-bond donors (Lipinski definition) is 1. The lowest BCUT2D eigenvalue weighted by molar-refractivity contribution is -0.127. The van der Waals surface area contributed by atoms with Gasteiger partial charge in [0.15, 0.2) is 0 Å². The molecule has 1 unspecified atom stereocenters. The topological polar surface area (TPSA) is 55.4 Å². The maximum absolute atomic E-state index is 11.0. The molecule has 1 N–H and O–H groups in total. The quantitative estimate of drug-likeness (QED) is 0.480. The molecule has 0 saturated heterocycles. The Morgan fingerprint density at radius 3 is 2.36 bits per heavy atom. The molecule has 0 fully saturated rings. The monoisotopic (exact) mass is 313 g/mol. The van der Waals surface area contributed by atoms with Crippen molar-refractivity contribution in [3.63, 3.8) is 0 Å². The highest BCUT2D eigenvalue weighted by Crippen LogP contribution is 2.09. The molecule has 0 rings (SSSR count). The highest BCUT2D eigenvalue weighted by molar-refractivity contribution is 14.1. The zero-order chi connectivity index (χ0) is 11.1. The Balaban J connectivity index is 3.79. The molecule has 0 aliphatic carbocycles. The minimum atomic E-state index is -0.386. The summed E-state index contributed by atoms with van der Waals surface area (Å²) in [6.07, 6.45) is 0.938. The lowest BCUT2D eigenvalue weighted by Gasteiger charge is -2.18. The fourth-order valence-electron chi connectivity index (χ4n) is 1.11. The third-order valence-electron chi connectivity index (χ3n) is 1.81. The zero-order valence-electron chi connectivity index (χ0n) is 8.67. The average molecular weight is 313 g/mol. The molecular weight excluding hydrogens is 297 g/mol. The number of ether oxygens (including phenoxy) is 1. The Bertz CT molecular complexity index is 206. The molecule has 0 aliphatic heterocycles. The molecule has 0 heterocycles. The molecule has 14 heavy (non-hydrogen) atoms. The number of rotatable bonds is 5. The minimum absolute atomic E-state index is 0.0502. The molecule has 0 radical (unpaired) electrons. The van der Waals surface area contributed by atoms with Gasteiger partial charge in [-0.1, -0.05) is 20.8 Å². The molecule has 0 aromatic heterocycles. The smallest absolute Gasteiger partial charge is 0.287 e. The van der Waals surface area contributed by atoms with E-state index in [0.717, 1.165) is 6.42 Å². The van der Waals surface area contributed by atoms with Crippen molar-refractivity contribution in [1.29, 1.82) is 0 Å². The largest absolute Gasteiger partial charge is 0.368 e. The van der Waals surface area contributed by atoms with E-state index < -0.39 is 0 Å². The van der Waals surface area contributed by atoms with Gasteiger partial charge in [0.1, 0.15) is 6.61 Å². The summed E-state index contributed by atoms with van der Waals surface area (Å²) in [6, 6.07) is 0. The highest BCUT2D eigenvalue weighted by Gasteiger charge is 2.13. The summed E-state index contributed by atoms with van der Waals surface area (Å²) in [4.78, 5) is 21.5. The maximum atomic E-state index is 11.0. The summed E-state index contributed by atoms with van der Waals surface area (Å²) in [5, 5.41) is 2.14. The summed E-state index contributed by atoms with van der Waals surface area (Å²) in [7, 11) is 0. The van der Waals surface area contributed by atoms with Crippen LogP contribution in [0.2, 0.25) is 0 Å². The molecule has 2 amide bonds. The first kappa shape index (κ1) is 13.8. The lowest BCUT2D eigenvalue weighted by atomic mass is 10.1. The van der Waals surface area contributed by atoms with Gasteiger partial charge in [-0.25, -0.2) is 0 Å². The number of amides is 2. The van der Waals surface area contributed by atoms with Crippen molar-refractivity contribution in [2.45, 2.75) is 33.3 Å². The van der Waals surface area contributed by atoms with Crippen LogP contribution in [0.25, 0.3) is 0 Å². The predicted octanol–water partition coefficient (Wildman–Crippen LogP) is 2.11. The second kappa shape index (κ2) is 7.17. The summed E-state index contributed by atoms with van der Waals surface area (Å²) in [6.45, 7) is 6.03. The van der Waals surface area contributed by atoms with Crippen LogP contribution in [0.4, 0.5) is 4.79 Å². The van der Waals surface area contributed by atoms with Gasteiger partial charge < -0.3 is 4.74 Å². The first-order valence-electron chi connectivity index (χ1n) is 4.58. The van der Waals surface area contributed by atoms with E-state index >= 15 is 0 Å². The van der Waals surface area contributed by atoms with Gasteiger partial charge in [0.2, 0.25) is 0 Å². The van der Waals surface area contributed by atoms with Gasteiger partial charge in [-0.05, 0) is 12.3 Å². The Kier molecular flexibility index (Phi) is 7.08. The van der Waals surface area contributed by atoms with E-state index in [0.29, 0.717) is 5.92 Å². The highest BCUT2D eigenvalue weighted by atomic mass is 127. The van der Waals surface area contributed by atoms with Gasteiger partial charge in [0.05, 0.1) is 6.10 Å². The Morgan fingerprint density at radius 2 is 2.00 bits per heavy atom. The third-order valence-corrected chi connectivity index (χ3v) is 2.08. The Labute approximate surface area is 97.9 Å². The van der Waals surface area contributed by atoms with Crippen molar-refractivity contribution in [2.75, 3.05) is 6.61 Å². The van der Waals surface area contributed by atoms with Gasteiger partial charge in [0, 0.05) is 22.6 Å². The number of halogens is 1. The molecule has 0 aliphatic rings. The predicted molar refractivity (Wildman–Crippen MR) is 62.4 cm³/mol. The number of nitrogens with one attached hydrogen (secondary N) is 1. The minimum Gasteiger partial charge on any atom is -0.368 e. The van der Waals surface area contributed by atoms with Crippen LogP contribution < -0.4 is 5.32 Å². The molecule has 5 heteroatoms. The Morgan fingerprint density at radius 1 is 1.43 bits per heavy atom. The van der Waals surface area contributed by atoms with Crippen LogP contribution in [0.3, 0.4) is 0 Å². The standard InChI is InChI=1S/C9H16INO3/c1-4-7(6(2)3)14-5-8(12)11-9(10)13/h6-7H,4-5H2,1-3H3,(H,11,12,13). The molecular formula is C9H16INO3. The molecule has 0 spiro atoms. The first-order valence-corrected chi connectivity index (χ1v) is 5.66. The van der Waals surface area contributed by atoms with Crippen molar-refractivity contribution in [1.82, 2.24) is 5.32 Å². The van der Waals surface area contributed by atoms with Gasteiger partial charge in [-0.2, -0.15) is 0 Å². The molecule has 0 aromatic rings. The summed E-state index contributed by atoms with van der Waals surface area (Å²) in [5.74, 6) is -0.00777. The van der Waals surface area contributed by atoms with Gasteiger partial charge in [-0.15, -0.1) is 0 Å². The van der Waals surface area contributed by atoms with Crippen LogP contribution in [-0.2, 0) is 9.53 Å². The molecule has 0 saturated carbocycles. The van der Waals surface area contributed by atoms with Crippen molar-refractivity contribution < 1.29 is 14.3 Å². The van der Waals surface area contributed by atoms with Crippen molar-refractivity contribution in [3.8, 4) is 0 Å². The van der Waals surface area contributed by atoms with Gasteiger partial charge in [0.25, 0.3) is 9.82 Å². The van der Waals surface area contributed by atoms with Crippen LogP contribution in [0.15, 0.2) is 0 Å². The average Bonchev–Trinajstić information content (AvgIpc) is 2.03. The molecule has 4 nitrogen and oxygen atoms in total.